The number of amides is 1. The molecule has 0 saturated heterocycles. The van der Waals surface area contributed by atoms with Gasteiger partial charge in [0.25, 0.3) is 5.91 Å². The molecule has 0 spiro atoms. The lowest BCUT2D eigenvalue weighted by atomic mass is 10.1. The number of hydrogen-bond donors (Lipinski definition) is 0. The van der Waals surface area contributed by atoms with Crippen molar-refractivity contribution >= 4 is 23.5 Å². The number of carbonyl (C=O) groups excluding carboxylic acids is 1. The molecule has 0 fully saturated rings. The standard InChI is InChI=1S/C20H17N3O4/c1-3-8-23-15-7-5-4-6-14(15)18(20(23)24)22-21-11-13-9-16(25-2)19-17(10-13)26-12-27-19/h3-7,9-11H,1,8,12H2,2H3/b21-11-,22-18-. The van der Waals surface area contributed by atoms with E-state index in [1.165, 1.54) is 0 Å². The van der Waals surface area contributed by atoms with Gasteiger partial charge in [0.15, 0.2) is 17.2 Å². The molecule has 0 bridgehead atoms. The van der Waals surface area contributed by atoms with E-state index in [1.54, 1.807) is 36.4 Å². The molecule has 0 unspecified atom stereocenters. The predicted octanol–water partition coefficient (Wildman–Crippen LogP) is 2.78. The van der Waals surface area contributed by atoms with Crippen LogP contribution in [0.3, 0.4) is 0 Å². The summed E-state index contributed by atoms with van der Waals surface area (Å²) in [6.45, 7) is 4.27. The number of nitrogens with zero attached hydrogens (tertiary/aromatic N) is 3. The number of rotatable bonds is 5. The number of para-hydroxylation sites is 1. The fourth-order valence-corrected chi connectivity index (χ4v) is 3.05. The van der Waals surface area contributed by atoms with E-state index < -0.39 is 0 Å². The van der Waals surface area contributed by atoms with Crippen LogP contribution in [0.1, 0.15) is 11.1 Å². The van der Waals surface area contributed by atoms with Gasteiger partial charge in [0.1, 0.15) is 0 Å². The van der Waals surface area contributed by atoms with E-state index in [0.29, 0.717) is 29.5 Å². The number of hydrogen-bond acceptors (Lipinski definition) is 6. The molecule has 1 amide bonds. The summed E-state index contributed by atoms with van der Waals surface area (Å²) in [6.07, 6.45) is 3.23. The van der Waals surface area contributed by atoms with Crippen LogP contribution in [0.4, 0.5) is 5.69 Å². The number of methoxy groups -OCH3 is 1. The average Bonchev–Trinajstić information content (AvgIpc) is 3.26. The first kappa shape index (κ1) is 16.8. The first-order valence-electron chi connectivity index (χ1n) is 8.33. The molecule has 0 radical (unpaired) electrons. The van der Waals surface area contributed by atoms with Gasteiger partial charge in [-0.3, -0.25) is 4.79 Å². The molecule has 7 nitrogen and oxygen atoms in total. The molecule has 2 aliphatic rings. The summed E-state index contributed by atoms with van der Waals surface area (Å²) >= 11 is 0. The van der Waals surface area contributed by atoms with Crippen LogP contribution in [0.25, 0.3) is 0 Å². The smallest absolute Gasteiger partial charge is 0.279 e. The van der Waals surface area contributed by atoms with Gasteiger partial charge in [-0.1, -0.05) is 24.3 Å². The minimum Gasteiger partial charge on any atom is -0.493 e. The van der Waals surface area contributed by atoms with Crippen LogP contribution in [-0.2, 0) is 4.79 Å². The van der Waals surface area contributed by atoms with Crippen LogP contribution in [0.15, 0.2) is 59.3 Å². The highest BCUT2D eigenvalue weighted by molar-refractivity contribution is 6.54. The fourth-order valence-electron chi connectivity index (χ4n) is 3.05. The van der Waals surface area contributed by atoms with Gasteiger partial charge in [0.2, 0.25) is 12.5 Å². The average molecular weight is 363 g/mol. The zero-order chi connectivity index (χ0) is 18.8. The van der Waals surface area contributed by atoms with Crippen molar-refractivity contribution in [1.29, 1.82) is 0 Å². The van der Waals surface area contributed by atoms with Crippen LogP contribution in [-0.4, -0.2) is 38.3 Å². The third-order valence-electron chi connectivity index (χ3n) is 4.25. The van der Waals surface area contributed by atoms with E-state index in [0.717, 1.165) is 16.8 Å². The molecule has 2 aromatic carbocycles. The maximum Gasteiger partial charge on any atom is 0.279 e. The third-order valence-corrected chi connectivity index (χ3v) is 4.25. The Morgan fingerprint density at radius 1 is 1.30 bits per heavy atom. The quantitative estimate of drug-likeness (QED) is 0.465. The normalized spacial score (nSPS) is 16.3. The van der Waals surface area contributed by atoms with Gasteiger partial charge in [-0.05, 0) is 18.2 Å². The Morgan fingerprint density at radius 2 is 2.15 bits per heavy atom. The highest BCUT2D eigenvalue weighted by Gasteiger charge is 2.33. The van der Waals surface area contributed by atoms with E-state index in [4.69, 9.17) is 14.2 Å². The monoisotopic (exact) mass is 363 g/mol. The summed E-state index contributed by atoms with van der Waals surface area (Å²) in [5, 5.41) is 8.28. The Bertz CT molecular complexity index is 981. The first-order valence-corrected chi connectivity index (χ1v) is 8.33. The first-order chi connectivity index (χ1) is 13.2. The highest BCUT2D eigenvalue weighted by Crippen LogP contribution is 2.41. The van der Waals surface area contributed by atoms with Gasteiger partial charge in [-0.25, -0.2) is 0 Å². The number of anilines is 1. The number of ether oxygens (including phenoxy) is 3. The summed E-state index contributed by atoms with van der Waals surface area (Å²) in [7, 11) is 1.56. The van der Waals surface area contributed by atoms with Crippen molar-refractivity contribution < 1.29 is 19.0 Å². The van der Waals surface area contributed by atoms with Crippen molar-refractivity contribution in [3.05, 3.63) is 60.2 Å². The molecule has 0 atom stereocenters. The van der Waals surface area contributed by atoms with Gasteiger partial charge in [0.05, 0.1) is 19.0 Å². The van der Waals surface area contributed by atoms with Gasteiger partial charge in [-0.15, -0.1) is 11.7 Å². The summed E-state index contributed by atoms with van der Waals surface area (Å²) < 4.78 is 16.1. The SMILES string of the molecule is C=CCN1C(=O)/C(=N\N=C/c2cc(OC)c3c(c2)OCO3)c2ccccc21. The van der Waals surface area contributed by atoms with Crippen LogP contribution in [0.2, 0.25) is 0 Å². The van der Waals surface area contributed by atoms with Crippen molar-refractivity contribution in [1.82, 2.24) is 0 Å². The highest BCUT2D eigenvalue weighted by atomic mass is 16.7. The van der Waals surface area contributed by atoms with E-state index in [2.05, 4.69) is 16.8 Å². The molecule has 0 aliphatic carbocycles. The molecule has 0 N–H and O–H groups in total. The lowest BCUT2D eigenvalue weighted by Gasteiger charge is -2.13. The van der Waals surface area contributed by atoms with E-state index in [-0.39, 0.29) is 12.7 Å². The second kappa shape index (κ2) is 6.95. The molecule has 4 rings (SSSR count). The minimum absolute atomic E-state index is 0.152. The molecule has 7 heteroatoms. The Kier molecular flexibility index (Phi) is 4.33. The van der Waals surface area contributed by atoms with E-state index in [9.17, 15) is 4.79 Å². The zero-order valence-electron chi connectivity index (χ0n) is 14.7. The molecule has 0 saturated carbocycles. The molecule has 2 heterocycles. The van der Waals surface area contributed by atoms with Crippen LogP contribution in [0.5, 0.6) is 17.2 Å². The summed E-state index contributed by atoms with van der Waals surface area (Å²) in [5.41, 5.74) is 2.59. The van der Waals surface area contributed by atoms with Crippen LogP contribution < -0.4 is 19.1 Å². The van der Waals surface area contributed by atoms with Crippen LogP contribution in [0, 0.1) is 0 Å². The summed E-state index contributed by atoms with van der Waals surface area (Å²) in [5.74, 6) is 1.51. The van der Waals surface area contributed by atoms with E-state index >= 15 is 0 Å². The van der Waals surface area contributed by atoms with Crippen molar-refractivity contribution in [2.45, 2.75) is 0 Å². The Hall–Kier alpha value is -3.61. The third kappa shape index (κ3) is 2.93. The maximum atomic E-state index is 12.7. The van der Waals surface area contributed by atoms with Gasteiger partial charge in [-0.2, -0.15) is 5.10 Å². The zero-order valence-corrected chi connectivity index (χ0v) is 14.7. The van der Waals surface area contributed by atoms with Gasteiger partial charge >= 0.3 is 0 Å². The molecular formula is C20H17N3O4. The van der Waals surface area contributed by atoms with Crippen molar-refractivity contribution in [2.24, 2.45) is 10.2 Å². The topological polar surface area (TPSA) is 72.7 Å². The number of benzene rings is 2. The Balaban J connectivity index is 1.65. The fraction of sp³-hybridized carbons (Fsp3) is 0.150. The van der Waals surface area contributed by atoms with Crippen molar-refractivity contribution in [2.75, 3.05) is 25.3 Å². The maximum absolute atomic E-state index is 12.7. The van der Waals surface area contributed by atoms with Gasteiger partial charge in [0, 0.05) is 17.7 Å². The molecule has 27 heavy (non-hydrogen) atoms. The predicted molar refractivity (Wildman–Crippen MR) is 102 cm³/mol. The van der Waals surface area contributed by atoms with E-state index in [1.807, 2.05) is 24.3 Å². The number of fused-ring (bicyclic) bond motifs is 2. The molecule has 2 aliphatic heterocycles. The number of carbonyl (C=O) groups is 1. The Morgan fingerprint density at radius 3 is 2.96 bits per heavy atom. The molecular weight excluding hydrogens is 346 g/mol. The molecule has 2 aromatic rings. The van der Waals surface area contributed by atoms with Crippen molar-refractivity contribution in [3.8, 4) is 17.2 Å². The summed E-state index contributed by atoms with van der Waals surface area (Å²) in [6, 6.07) is 11.0. The second-order valence-corrected chi connectivity index (χ2v) is 5.87. The lowest BCUT2D eigenvalue weighted by molar-refractivity contribution is -0.112. The van der Waals surface area contributed by atoms with Crippen molar-refractivity contribution in [3.63, 3.8) is 0 Å². The minimum atomic E-state index is -0.198. The molecule has 0 aromatic heterocycles. The van der Waals surface area contributed by atoms with Crippen LogP contribution >= 0.6 is 0 Å². The Labute approximate surface area is 156 Å². The largest absolute Gasteiger partial charge is 0.493 e. The second-order valence-electron chi connectivity index (χ2n) is 5.87. The summed E-state index contributed by atoms with van der Waals surface area (Å²) in [4.78, 5) is 14.3. The lowest BCUT2D eigenvalue weighted by Crippen LogP contribution is -2.30. The molecule has 136 valence electrons. The van der Waals surface area contributed by atoms with Gasteiger partial charge < -0.3 is 19.1 Å².